The molecule has 0 unspecified atom stereocenters. The fraction of sp³-hybridized carbons (Fsp3) is 0.167. The van der Waals surface area contributed by atoms with Crippen molar-refractivity contribution in [3.05, 3.63) is 35.3 Å². The van der Waals surface area contributed by atoms with Crippen LogP contribution in [0.5, 0.6) is 0 Å². The number of rotatable bonds is 2. The van der Waals surface area contributed by atoms with Gasteiger partial charge in [0, 0.05) is 18.0 Å². The van der Waals surface area contributed by atoms with E-state index in [0.717, 1.165) is 11.1 Å². The molecule has 0 fully saturated rings. The Bertz CT molecular complexity index is 601. The lowest BCUT2D eigenvalue weighted by atomic mass is 10.1. The Morgan fingerprint density at radius 1 is 1.28 bits per heavy atom. The van der Waals surface area contributed by atoms with Crippen LogP contribution in [-0.4, -0.2) is 20.9 Å². The molecule has 6 heteroatoms. The summed E-state index contributed by atoms with van der Waals surface area (Å²) in [4.78, 5) is 23.6. The Labute approximate surface area is 104 Å². The normalized spacial score (nSPS) is 10.3. The number of amides is 1. The van der Waals surface area contributed by atoms with Crippen LogP contribution in [0.1, 0.15) is 21.6 Å². The highest BCUT2D eigenvalue weighted by Crippen LogP contribution is 2.22. The zero-order valence-electron chi connectivity index (χ0n) is 10.1. The predicted octanol–water partition coefficient (Wildman–Crippen LogP) is 0.837. The third-order valence-corrected chi connectivity index (χ3v) is 2.64. The Morgan fingerprint density at radius 2 is 2.00 bits per heavy atom. The molecule has 6 nitrogen and oxygen atoms in total. The van der Waals surface area contributed by atoms with Crippen LogP contribution < -0.4 is 11.5 Å². The molecule has 0 saturated carbocycles. The molecule has 18 heavy (non-hydrogen) atoms. The molecule has 2 aromatic heterocycles. The number of nitrogens with two attached hydrogens (primary N) is 2. The summed E-state index contributed by atoms with van der Waals surface area (Å²) in [5.74, 6) is -0.0895. The highest BCUT2D eigenvalue weighted by molar-refractivity contribution is 5.98. The van der Waals surface area contributed by atoms with Gasteiger partial charge in [0.15, 0.2) is 5.82 Å². The second-order valence-corrected chi connectivity index (χ2v) is 3.95. The third kappa shape index (κ3) is 2.00. The van der Waals surface area contributed by atoms with Gasteiger partial charge in [0.25, 0.3) is 5.91 Å². The lowest BCUT2D eigenvalue weighted by molar-refractivity contribution is 0.1000. The molecule has 92 valence electrons. The number of aromatic nitrogens is 3. The minimum Gasteiger partial charge on any atom is -0.383 e. The number of carbonyl (C=O) groups excluding carboxylic acids is 1. The van der Waals surface area contributed by atoms with Crippen LogP contribution in [0.3, 0.4) is 0 Å². The Balaban J connectivity index is 2.62. The number of nitrogen functional groups attached to an aromatic ring is 1. The molecule has 2 heterocycles. The van der Waals surface area contributed by atoms with Gasteiger partial charge < -0.3 is 11.5 Å². The molecule has 0 spiro atoms. The summed E-state index contributed by atoms with van der Waals surface area (Å²) in [5, 5.41) is 0. The van der Waals surface area contributed by atoms with Crippen LogP contribution in [0, 0.1) is 13.8 Å². The molecule has 0 aliphatic heterocycles. The molecule has 0 aliphatic carbocycles. The fourth-order valence-corrected chi connectivity index (χ4v) is 1.72. The maximum atomic E-state index is 11.2. The van der Waals surface area contributed by atoms with Gasteiger partial charge in [-0.1, -0.05) is 0 Å². The van der Waals surface area contributed by atoms with Crippen LogP contribution >= 0.6 is 0 Å². The molecule has 4 N–H and O–H groups in total. The van der Waals surface area contributed by atoms with Crippen molar-refractivity contribution in [3.63, 3.8) is 0 Å². The maximum absolute atomic E-state index is 11.2. The minimum absolute atomic E-state index is 0.0910. The number of hydrogen-bond donors (Lipinski definition) is 2. The molecular formula is C12H13N5O. The average Bonchev–Trinajstić information content (AvgIpc) is 2.27. The summed E-state index contributed by atoms with van der Waals surface area (Å²) < 4.78 is 0. The number of pyridine rings is 1. The van der Waals surface area contributed by atoms with Crippen molar-refractivity contribution in [1.82, 2.24) is 15.0 Å². The van der Waals surface area contributed by atoms with E-state index in [1.165, 1.54) is 0 Å². The summed E-state index contributed by atoms with van der Waals surface area (Å²) >= 11 is 0. The van der Waals surface area contributed by atoms with Gasteiger partial charge in [-0.05, 0) is 25.5 Å². The largest absolute Gasteiger partial charge is 0.383 e. The molecule has 0 aromatic carbocycles. The summed E-state index contributed by atoms with van der Waals surface area (Å²) in [7, 11) is 0. The predicted molar refractivity (Wildman–Crippen MR) is 67.7 cm³/mol. The van der Waals surface area contributed by atoms with E-state index in [2.05, 4.69) is 15.0 Å². The first-order chi connectivity index (χ1) is 8.50. The third-order valence-electron chi connectivity index (χ3n) is 2.64. The minimum atomic E-state index is -0.626. The first kappa shape index (κ1) is 12.0. The van der Waals surface area contributed by atoms with Crippen molar-refractivity contribution in [3.8, 4) is 11.4 Å². The lowest BCUT2D eigenvalue weighted by Gasteiger charge is -2.09. The van der Waals surface area contributed by atoms with E-state index in [-0.39, 0.29) is 11.4 Å². The summed E-state index contributed by atoms with van der Waals surface area (Å²) in [6.07, 6.45) is 3.35. The Morgan fingerprint density at radius 3 is 2.56 bits per heavy atom. The second-order valence-electron chi connectivity index (χ2n) is 3.95. The van der Waals surface area contributed by atoms with E-state index in [4.69, 9.17) is 11.5 Å². The van der Waals surface area contributed by atoms with E-state index in [1.54, 1.807) is 19.3 Å². The highest BCUT2D eigenvalue weighted by atomic mass is 16.1. The molecule has 2 rings (SSSR count). The standard InChI is InChI=1S/C12H13N5O/c1-6-3-4-15-5-8(6)12-16-7(2)9(11(14)18)10(13)17-12/h3-5H,1-2H3,(H2,14,18)(H2,13,16,17). The van der Waals surface area contributed by atoms with Gasteiger partial charge in [-0.2, -0.15) is 0 Å². The molecule has 0 saturated heterocycles. The van der Waals surface area contributed by atoms with Crippen molar-refractivity contribution in [2.75, 3.05) is 5.73 Å². The Hall–Kier alpha value is -2.50. The molecule has 0 bridgehead atoms. The van der Waals surface area contributed by atoms with Gasteiger partial charge in [0.2, 0.25) is 0 Å². The van der Waals surface area contributed by atoms with E-state index >= 15 is 0 Å². The van der Waals surface area contributed by atoms with Crippen molar-refractivity contribution < 1.29 is 4.79 Å². The fourth-order valence-electron chi connectivity index (χ4n) is 1.72. The number of nitrogens with zero attached hydrogens (tertiary/aromatic N) is 3. The van der Waals surface area contributed by atoms with E-state index in [1.807, 2.05) is 13.0 Å². The van der Waals surface area contributed by atoms with Crippen LogP contribution in [-0.2, 0) is 0 Å². The zero-order valence-corrected chi connectivity index (χ0v) is 10.1. The maximum Gasteiger partial charge on any atom is 0.254 e. The van der Waals surface area contributed by atoms with Crippen molar-refractivity contribution in [2.24, 2.45) is 5.73 Å². The second kappa shape index (κ2) is 4.40. The quantitative estimate of drug-likeness (QED) is 0.812. The number of carbonyl (C=O) groups is 1. The van der Waals surface area contributed by atoms with Crippen molar-refractivity contribution in [2.45, 2.75) is 13.8 Å². The van der Waals surface area contributed by atoms with Crippen molar-refractivity contribution in [1.29, 1.82) is 0 Å². The number of anilines is 1. The topological polar surface area (TPSA) is 108 Å². The molecule has 0 aliphatic rings. The van der Waals surface area contributed by atoms with E-state index in [0.29, 0.717) is 11.5 Å². The smallest absolute Gasteiger partial charge is 0.254 e. The average molecular weight is 243 g/mol. The number of aryl methyl sites for hydroxylation is 2. The van der Waals surface area contributed by atoms with Gasteiger partial charge in [-0.3, -0.25) is 9.78 Å². The highest BCUT2D eigenvalue weighted by Gasteiger charge is 2.15. The molecule has 0 atom stereocenters. The van der Waals surface area contributed by atoms with Gasteiger partial charge in [-0.15, -0.1) is 0 Å². The van der Waals surface area contributed by atoms with Crippen LogP contribution in [0.4, 0.5) is 5.82 Å². The van der Waals surface area contributed by atoms with Crippen molar-refractivity contribution >= 4 is 11.7 Å². The van der Waals surface area contributed by atoms with Gasteiger partial charge in [-0.25, -0.2) is 9.97 Å². The molecule has 2 aromatic rings. The van der Waals surface area contributed by atoms with Crippen LogP contribution in [0.15, 0.2) is 18.5 Å². The zero-order chi connectivity index (χ0) is 13.3. The monoisotopic (exact) mass is 243 g/mol. The lowest BCUT2D eigenvalue weighted by Crippen LogP contribution is -2.18. The Kier molecular flexibility index (Phi) is 2.93. The summed E-state index contributed by atoms with van der Waals surface area (Å²) in [6.45, 7) is 3.60. The number of primary amides is 1. The molecular weight excluding hydrogens is 230 g/mol. The summed E-state index contributed by atoms with van der Waals surface area (Å²) in [6, 6.07) is 1.85. The molecule has 1 amide bonds. The van der Waals surface area contributed by atoms with Crippen LogP contribution in [0.2, 0.25) is 0 Å². The number of hydrogen-bond acceptors (Lipinski definition) is 5. The van der Waals surface area contributed by atoms with Gasteiger partial charge in [0.05, 0.1) is 5.69 Å². The van der Waals surface area contributed by atoms with Gasteiger partial charge >= 0.3 is 0 Å². The van der Waals surface area contributed by atoms with E-state index < -0.39 is 5.91 Å². The first-order valence-corrected chi connectivity index (χ1v) is 5.35. The summed E-state index contributed by atoms with van der Waals surface area (Å²) in [5.41, 5.74) is 13.4. The first-order valence-electron chi connectivity index (χ1n) is 5.35. The SMILES string of the molecule is Cc1ccncc1-c1nc(C)c(C(N)=O)c(N)n1. The van der Waals surface area contributed by atoms with Crippen LogP contribution in [0.25, 0.3) is 11.4 Å². The molecule has 0 radical (unpaired) electrons. The van der Waals surface area contributed by atoms with E-state index in [9.17, 15) is 4.79 Å². The van der Waals surface area contributed by atoms with Gasteiger partial charge in [0.1, 0.15) is 11.4 Å².